The second kappa shape index (κ2) is 6.63. The molecule has 0 saturated heterocycles. The minimum Gasteiger partial charge on any atom is -0.352 e. The van der Waals surface area contributed by atoms with Crippen LogP contribution in [0.25, 0.3) is 55.4 Å². The van der Waals surface area contributed by atoms with E-state index in [9.17, 15) is 4.39 Å². The Morgan fingerprint density at radius 3 is 2.65 bits per heavy atom. The number of fused-ring (bicyclic) bond motifs is 2. The Bertz CT molecular complexity index is 1570. The molecule has 0 atom stereocenters. The van der Waals surface area contributed by atoms with Crippen LogP contribution in [0.1, 0.15) is 0 Å². The smallest absolute Gasteiger partial charge is 0.123 e. The number of rotatable bonds is 3. The third-order valence-electron chi connectivity index (χ3n) is 5.54. The van der Waals surface area contributed by atoms with Crippen LogP contribution < -0.4 is 0 Å². The Morgan fingerprint density at radius 2 is 1.81 bits per heavy atom. The summed E-state index contributed by atoms with van der Waals surface area (Å²) in [6.45, 7) is 0. The van der Waals surface area contributed by atoms with Crippen molar-refractivity contribution in [3.05, 3.63) is 79.1 Å². The van der Waals surface area contributed by atoms with Gasteiger partial charge in [-0.25, -0.2) is 4.39 Å². The van der Waals surface area contributed by atoms with Gasteiger partial charge in [-0.15, -0.1) is 0 Å². The van der Waals surface area contributed by atoms with Gasteiger partial charge in [0, 0.05) is 41.3 Å². The lowest BCUT2D eigenvalue weighted by Gasteiger charge is -2.02. The van der Waals surface area contributed by atoms with E-state index in [1.54, 1.807) is 23.1 Å². The zero-order valence-corrected chi connectivity index (χ0v) is 16.6. The maximum Gasteiger partial charge on any atom is 0.123 e. The summed E-state index contributed by atoms with van der Waals surface area (Å²) in [7, 11) is 1.90. The third-order valence-corrected chi connectivity index (χ3v) is 5.54. The number of pyridine rings is 1. The van der Waals surface area contributed by atoms with E-state index in [0.717, 1.165) is 55.4 Å². The van der Waals surface area contributed by atoms with E-state index < -0.39 is 0 Å². The largest absolute Gasteiger partial charge is 0.352 e. The van der Waals surface area contributed by atoms with Gasteiger partial charge in [0.25, 0.3) is 0 Å². The van der Waals surface area contributed by atoms with E-state index in [0.29, 0.717) is 0 Å². The van der Waals surface area contributed by atoms with Gasteiger partial charge < -0.3 is 4.98 Å². The molecule has 0 spiro atoms. The number of nitrogens with zero attached hydrogens (tertiary/aromatic N) is 4. The lowest BCUT2D eigenvalue weighted by molar-refractivity contribution is 0.628. The highest BCUT2D eigenvalue weighted by molar-refractivity contribution is 6.01. The van der Waals surface area contributed by atoms with Crippen molar-refractivity contribution in [2.24, 2.45) is 7.05 Å². The minimum absolute atomic E-state index is 0.272. The number of hydrogen-bond acceptors (Lipinski definition) is 3. The number of nitrogens with one attached hydrogen (secondary N) is 2. The summed E-state index contributed by atoms with van der Waals surface area (Å²) in [5.74, 6) is -0.272. The number of benzene rings is 2. The van der Waals surface area contributed by atoms with E-state index in [1.165, 1.54) is 12.1 Å². The van der Waals surface area contributed by atoms with Crippen LogP contribution in [-0.4, -0.2) is 29.9 Å². The number of aromatic nitrogens is 6. The molecule has 4 heterocycles. The summed E-state index contributed by atoms with van der Waals surface area (Å²) < 4.78 is 15.6. The molecule has 4 aromatic heterocycles. The summed E-state index contributed by atoms with van der Waals surface area (Å²) in [6, 6.07) is 14.8. The first-order valence-corrected chi connectivity index (χ1v) is 9.86. The molecule has 0 radical (unpaired) electrons. The predicted octanol–water partition coefficient (Wildman–Crippen LogP) is 5.31. The van der Waals surface area contributed by atoms with Gasteiger partial charge in [0.15, 0.2) is 0 Å². The van der Waals surface area contributed by atoms with Crippen molar-refractivity contribution in [2.45, 2.75) is 0 Å². The van der Waals surface area contributed by atoms with Gasteiger partial charge in [-0.2, -0.15) is 10.2 Å². The first-order chi connectivity index (χ1) is 15.2. The van der Waals surface area contributed by atoms with Crippen molar-refractivity contribution in [2.75, 3.05) is 0 Å². The number of hydrogen-bond donors (Lipinski definition) is 2. The van der Waals surface area contributed by atoms with E-state index in [-0.39, 0.29) is 5.82 Å². The van der Waals surface area contributed by atoms with Crippen molar-refractivity contribution in [3.8, 4) is 33.6 Å². The standard InChI is InChI=1S/C24H17FN6/c1-31-13-16(10-27-31)14-5-6-21-19(8-14)24(30-29-21)22-9-18-20(11-26-12-23(18)28-22)15-3-2-4-17(25)7-15/h2-13,28H,1H3,(H,29,30). The van der Waals surface area contributed by atoms with Crippen molar-refractivity contribution >= 4 is 21.8 Å². The van der Waals surface area contributed by atoms with E-state index in [4.69, 9.17) is 0 Å². The fourth-order valence-corrected chi connectivity index (χ4v) is 4.03. The van der Waals surface area contributed by atoms with Gasteiger partial charge in [0.05, 0.1) is 29.1 Å². The highest BCUT2D eigenvalue weighted by Gasteiger charge is 2.15. The monoisotopic (exact) mass is 408 g/mol. The van der Waals surface area contributed by atoms with Crippen LogP contribution in [-0.2, 0) is 7.05 Å². The predicted molar refractivity (Wildman–Crippen MR) is 119 cm³/mol. The van der Waals surface area contributed by atoms with Gasteiger partial charge >= 0.3 is 0 Å². The van der Waals surface area contributed by atoms with Crippen LogP contribution in [0.4, 0.5) is 4.39 Å². The van der Waals surface area contributed by atoms with Crippen LogP contribution in [0.3, 0.4) is 0 Å². The second-order valence-electron chi connectivity index (χ2n) is 7.58. The normalized spacial score (nSPS) is 11.5. The molecule has 6 nitrogen and oxygen atoms in total. The van der Waals surface area contributed by atoms with Crippen LogP contribution in [0.15, 0.2) is 73.3 Å². The first kappa shape index (κ1) is 17.6. The highest BCUT2D eigenvalue weighted by atomic mass is 19.1. The molecule has 0 aliphatic carbocycles. The maximum absolute atomic E-state index is 13.8. The van der Waals surface area contributed by atoms with Crippen molar-refractivity contribution in [1.82, 2.24) is 29.9 Å². The Morgan fingerprint density at radius 1 is 0.871 bits per heavy atom. The van der Waals surface area contributed by atoms with Gasteiger partial charge in [-0.3, -0.25) is 14.8 Å². The van der Waals surface area contributed by atoms with Gasteiger partial charge in [0.1, 0.15) is 11.5 Å². The molecule has 31 heavy (non-hydrogen) atoms. The molecule has 0 saturated carbocycles. The molecular formula is C24H17FN6. The Hall–Kier alpha value is -4.26. The highest BCUT2D eigenvalue weighted by Crippen LogP contribution is 2.34. The molecule has 0 aliphatic rings. The SMILES string of the molecule is Cn1cc(-c2ccc3[nH]nc(-c4cc5c(-c6cccc(F)c6)cncc5[nH]4)c3c2)cn1. The zero-order valence-electron chi connectivity index (χ0n) is 16.6. The minimum atomic E-state index is -0.272. The van der Waals surface area contributed by atoms with Crippen LogP contribution in [0.5, 0.6) is 0 Å². The van der Waals surface area contributed by atoms with Gasteiger partial charge in [-0.1, -0.05) is 18.2 Å². The van der Waals surface area contributed by atoms with Gasteiger partial charge in [0.2, 0.25) is 0 Å². The molecule has 2 N–H and O–H groups in total. The molecule has 0 fully saturated rings. The third kappa shape index (κ3) is 2.90. The Labute approximate surface area is 176 Å². The van der Waals surface area contributed by atoms with Gasteiger partial charge in [-0.05, 0) is 41.5 Å². The van der Waals surface area contributed by atoms with Crippen molar-refractivity contribution in [3.63, 3.8) is 0 Å². The fourth-order valence-electron chi connectivity index (χ4n) is 4.03. The molecule has 0 amide bonds. The lowest BCUT2D eigenvalue weighted by atomic mass is 10.0. The average Bonchev–Trinajstić information content (AvgIpc) is 3.50. The molecule has 6 aromatic rings. The number of aromatic amines is 2. The molecule has 0 bridgehead atoms. The summed E-state index contributed by atoms with van der Waals surface area (Å²) in [5, 5.41) is 13.9. The summed E-state index contributed by atoms with van der Waals surface area (Å²) in [4.78, 5) is 7.76. The Kier molecular flexibility index (Phi) is 3.76. The second-order valence-corrected chi connectivity index (χ2v) is 7.58. The van der Waals surface area contributed by atoms with E-state index in [1.807, 2.05) is 37.6 Å². The molecule has 2 aromatic carbocycles. The molecule has 150 valence electrons. The Balaban J connectivity index is 1.51. The van der Waals surface area contributed by atoms with Crippen LogP contribution in [0, 0.1) is 5.82 Å². The fraction of sp³-hybridized carbons (Fsp3) is 0.0417. The molecular weight excluding hydrogens is 391 g/mol. The quantitative estimate of drug-likeness (QED) is 0.417. The number of aryl methyl sites for hydroxylation is 1. The van der Waals surface area contributed by atoms with E-state index in [2.05, 4.69) is 37.4 Å². The average molecular weight is 408 g/mol. The molecule has 7 heteroatoms. The number of halogens is 1. The number of H-pyrrole nitrogens is 2. The molecule has 6 rings (SSSR count). The van der Waals surface area contributed by atoms with E-state index >= 15 is 0 Å². The zero-order chi connectivity index (χ0) is 20.9. The maximum atomic E-state index is 13.8. The summed E-state index contributed by atoms with van der Waals surface area (Å²) >= 11 is 0. The summed E-state index contributed by atoms with van der Waals surface area (Å²) in [5.41, 5.74) is 7.29. The summed E-state index contributed by atoms with van der Waals surface area (Å²) in [6.07, 6.45) is 7.37. The lowest BCUT2D eigenvalue weighted by Crippen LogP contribution is -1.84. The molecule has 0 unspecified atom stereocenters. The first-order valence-electron chi connectivity index (χ1n) is 9.86. The van der Waals surface area contributed by atoms with Crippen LogP contribution >= 0.6 is 0 Å². The van der Waals surface area contributed by atoms with Crippen molar-refractivity contribution < 1.29 is 4.39 Å². The van der Waals surface area contributed by atoms with Crippen molar-refractivity contribution in [1.29, 1.82) is 0 Å². The molecule has 0 aliphatic heterocycles. The topological polar surface area (TPSA) is 75.2 Å². The van der Waals surface area contributed by atoms with Crippen LogP contribution in [0.2, 0.25) is 0 Å².